The van der Waals surface area contributed by atoms with Crippen molar-refractivity contribution >= 4 is 15.9 Å². The lowest BCUT2D eigenvalue weighted by Gasteiger charge is -2.37. The van der Waals surface area contributed by atoms with E-state index in [9.17, 15) is 4.39 Å². The molecule has 112 valence electrons. The van der Waals surface area contributed by atoms with E-state index in [2.05, 4.69) is 36.7 Å². The minimum absolute atomic E-state index is 0.219. The second-order valence-electron chi connectivity index (χ2n) is 6.39. The van der Waals surface area contributed by atoms with Crippen LogP contribution in [-0.4, -0.2) is 6.10 Å². The summed E-state index contributed by atoms with van der Waals surface area (Å²) in [6.45, 7) is 7.33. The Hall–Kier alpha value is -0.410. The fourth-order valence-corrected chi connectivity index (χ4v) is 3.54. The number of rotatable bonds is 4. The molecule has 1 nitrogen and oxygen atoms in total. The zero-order valence-electron chi connectivity index (χ0n) is 12.5. The average Bonchev–Trinajstić information content (AvgIpc) is 2.40. The molecule has 0 amide bonds. The smallest absolute Gasteiger partial charge is 0.137 e. The molecule has 0 bridgehead atoms. The average molecular weight is 343 g/mol. The molecular formula is C17H24BrFO. The summed E-state index contributed by atoms with van der Waals surface area (Å²) in [6.07, 6.45) is 3.96. The predicted molar refractivity (Wildman–Crippen MR) is 84.0 cm³/mol. The highest BCUT2D eigenvalue weighted by Gasteiger charge is 2.31. The van der Waals surface area contributed by atoms with Crippen molar-refractivity contribution in [1.82, 2.24) is 0 Å². The third kappa shape index (κ3) is 3.82. The molecule has 20 heavy (non-hydrogen) atoms. The summed E-state index contributed by atoms with van der Waals surface area (Å²) in [6, 6.07) is 5.12. The van der Waals surface area contributed by atoms with Gasteiger partial charge in [-0.3, -0.25) is 0 Å². The molecule has 0 saturated heterocycles. The van der Waals surface area contributed by atoms with Gasteiger partial charge in [0, 0.05) is 0 Å². The summed E-state index contributed by atoms with van der Waals surface area (Å²) >= 11 is 3.31. The number of hydrogen-bond acceptors (Lipinski definition) is 1. The zero-order chi connectivity index (χ0) is 14.7. The Morgan fingerprint density at radius 1 is 1.35 bits per heavy atom. The Balaban J connectivity index is 2.02. The van der Waals surface area contributed by atoms with Crippen LogP contribution in [0.1, 0.15) is 45.6 Å². The molecule has 0 N–H and O–H groups in total. The molecule has 0 heterocycles. The van der Waals surface area contributed by atoms with Gasteiger partial charge in [-0.15, -0.1) is 0 Å². The topological polar surface area (TPSA) is 9.23 Å². The van der Waals surface area contributed by atoms with Crippen LogP contribution in [0.4, 0.5) is 4.39 Å². The molecule has 1 fully saturated rings. The van der Waals surface area contributed by atoms with Gasteiger partial charge < -0.3 is 4.74 Å². The summed E-state index contributed by atoms with van der Waals surface area (Å²) in [5, 5.41) is 0. The van der Waals surface area contributed by atoms with Crippen LogP contribution in [0.3, 0.4) is 0 Å². The van der Waals surface area contributed by atoms with Gasteiger partial charge in [-0.2, -0.15) is 0 Å². The molecule has 0 radical (unpaired) electrons. The van der Waals surface area contributed by atoms with E-state index in [1.165, 1.54) is 18.9 Å². The Kier molecular flexibility index (Phi) is 5.62. The first kappa shape index (κ1) is 16.0. The summed E-state index contributed by atoms with van der Waals surface area (Å²) in [4.78, 5) is 0. The molecule has 1 aromatic rings. The summed E-state index contributed by atoms with van der Waals surface area (Å²) in [5.74, 6) is 1.77. The van der Waals surface area contributed by atoms with E-state index in [0.29, 0.717) is 29.0 Å². The van der Waals surface area contributed by atoms with E-state index in [-0.39, 0.29) is 5.82 Å². The maximum absolute atomic E-state index is 13.5. The van der Waals surface area contributed by atoms with Crippen LogP contribution in [0.2, 0.25) is 0 Å². The van der Waals surface area contributed by atoms with Crippen LogP contribution in [0.25, 0.3) is 0 Å². The first-order chi connectivity index (χ1) is 9.49. The second kappa shape index (κ2) is 7.04. The number of hydrogen-bond donors (Lipinski definition) is 0. The van der Waals surface area contributed by atoms with Gasteiger partial charge in [-0.25, -0.2) is 4.39 Å². The van der Waals surface area contributed by atoms with E-state index in [1.54, 1.807) is 6.07 Å². The maximum atomic E-state index is 13.5. The van der Waals surface area contributed by atoms with E-state index in [0.717, 1.165) is 17.9 Å². The molecular weight excluding hydrogens is 319 g/mol. The van der Waals surface area contributed by atoms with Crippen molar-refractivity contribution in [2.75, 3.05) is 0 Å². The molecule has 0 aliphatic heterocycles. The normalized spacial score (nSPS) is 27.0. The molecule has 3 heteroatoms. The van der Waals surface area contributed by atoms with Crippen molar-refractivity contribution in [3.8, 4) is 0 Å². The third-order valence-corrected chi connectivity index (χ3v) is 5.33. The van der Waals surface area contributed by atoms with E-state index in [1.807, 2.05) is 6.07 Å². The molecule has 1 aromatic carbocycles. The van der Waals surface area contributed by atoms with Crippen LogP contribution in [0.15, 0.2) is 22.7 Å². The molecule has 0 aromatic heterocycles. The summed E-state index contributed by atoms with van der Waals surface area (Å²) in [5.41, 5.74) is 0.894. The second-order valence-corrected chi connectivity index (χ2v) is 7.18. The van der Waals surface area contributed by atoms with Gasteiger partial charge in [0.25, 0.3) is 0 Å². The highest BCUT2D eigenvalue weighted by molar-refractivity contribution is 9.10. The minimum Gasteiger partial charge on any atom is -0.373 e. The van der Waals surface area contributed by atoms with Gasteiger partial charge in [0.2, 0.25) is 0 Å². The molecule has 3 unspecified atom stereocenters. The molecule has 2 rings (SSSR count). The van der Waals surface area contributed by atoms with E-state index in [4.69, 9.17) is 4.74 Å². The third-order valence-electron chi connectivity index (χ3n) is 4.45. The van der Waals surface area contributed by atoms with E-state index >= 15 is 0 Å². The quantitative estimate of drug-likeness (QED) is 0.695. The van der Waals surface area contributed by atoms with Gasteiger partial charge in [0.05, 0.1) is 17.2 Å². The van der Waals surface area contributed by atoms with Crippen LogP contribution < -0.4 is 0 Å². The molecule has 0 spiro atoms. The maximum Gasteiger partial charge on any atom is 0.137 e. The monoisotopic (exact) mass is 342 g/mol. The highest BCUT2D eigenvalue weighted by atomic mass is 79.9. The molecule has 3 atom stereocenters. The first-order valence-corrected chi connectivity index (χ1v) is 8.32. The van der Waals surface area contributed by atoms with Gasteiger partial charge in [-0.1, -0.05) is 39.3 Å². The molecule has 1 saturated carbocycles. The van der Waals surface area contributed by atoms with Gasteiger partial charge in [-0.05, 0) is 58.2 Å². The largest absolute Gasteiger partial charge is 0.373 e. The summed E-state index contributed by atoms with van der Waals surface area (Å²) in [7, 11) is 0. The fraction of sp³-hybridized carbons (Fsp3) is 0.647. The minimum atomic E-state index is -0.219. The Morgan fingerprint density at radius 3 is 2.80 bits per heavy atom. The first-order valence-electron chi connectivity index (χ1n) is 7.53. The van der Waals surface area contributed by atoms with Crippen molar-refractivity contribution in [2.24, 2.45) is 17.8 Å². The standard InChI is InChI=1S/C17H24BrFO/c1-11(2)14-8-7-12(3)9-16(14)20-10-13-5-4-6-15(19)17(13)18/h4-6,11-12,14,16H,7-10H2,1-3H3. The van der Waals surface area contributed by atoms with Crippen molar-refractivity contribution in [3.05, 3.63) is 34.1 Å². The van der Waals surface area contributed by atoms with Crippen LogP contribution >= 0.6 is 15.9 Å². The van der Waals surface area contributed by atoms with Crippen molar-refractivity contribution < 1.29 is 9.13 Å². The Morgan fingerprint density at radius 2 is 2.10 bits per heavy atom. The van der Waals surface area contributed by atoms with Crippen molar-refractivity contribution in [2.45, 2.75) is 52.7 Å². The lowest BCUT2D eigenvalue weighted by atomic mass is 9.75. The van der Waals surface area contributed by atoms with Crippen molar-refractivity contribution in [1.29, 1.82) is 0 Å². The SMILES string of the molecule is CC1CCC(C(C)C)C(OCc2cccc(F)c2Br)C1. The van der Waals surface area contributed by atoms with E-state index < -0.39 is 0 Å². The number of halogens is 2. The molecule has 1 aliphatic carbocycles. The Bertz CT molecular complexity index is 447. The lowest BCUT2D eigenvalue weighted by molar-refractivity contribution is -0.0475. The molecule has 1 aliphatic rings. The van der Waals surface area contributed by atoms with Gasteiger partial charge in [0.1, 0.15) is 5.82 Å². The number of benzene rings is 1. The van der Waals surface area contributed by atoms with Gasteiger partial charge >= 0.3 is 0 Å². The van der Waals surface area contributed by atoms with Crippen LogP contribution in [0.5, 0.6) is 0 Å². The van der Waals surface area contributed by atoms with Crippen LogP contribution in [0, 0.1) is 23.6 Å². The number of ether oxygens (including phenoxy) is 1. The Labute approximate surface area is 130 Å². The zero-order valence-corrected chi connectivity index (χ0v) is 14.1. The predicted octanol–water partition coefficient (Wildman–Crippen LogP) is 5.57. The summed E-state index contributed by atoms with van der Waals surface area (Å²) < 4.78 is 20.2. The lowest BCUT2D eigenvalue weighted by Crippen LogP contribution is -2.34. The fourth-order valence-electron chi connectivity index (χ4n) is 3.16. The van der Waals surface area contributed by atoms with Crippen molar-refractivity contribution in [3.63, 3.8) is 0 Å². The highest BCUT2D eigenvalue weighted by Crippen LogP contribution is 2.36. The van der Waals surface area contributed by atoms with Crippen LogP contribution in [-0.2, 0) is 11.3 Å². The van der Waals surface area contributed by atoms with Gasteiger partial charge in [0.15, 0.2) is 0 Å².